The number of likely N-dealkylation sites (N-methyl/N-ethyl adjacent to an activating group) is 1. The van der Waals surface area contributed by atoms with Crippen LogP contribution in [0.5, 0.6) is 0 Å². The first-order chi connectivity index (χ1) is 6.30. The van der Waals surface area contributed by atoms with E-state index in [1.165, 1.54) is 0 Å². The van der Waals surface area contributed by atoms with Crippen LogP contribution in [0.25, 0.3) is 0 Å². The molecule has 2 amide bonds. The average Bonchev–Trinajstić information content (AvgIpc) is 2.28. The molecule has 1 aliphatic rings. The monoisotopic (exact) mass is 203 g/mol. The third-order valence-electron chi connectivity index (χ3n) is 1.92. The fourth-order valence-corrected chi connectivity index (χ4v) is 1.11. The molecule has 0 aliphatic carbocycles. The maximum absolute atomic E-state index is 13.1. The smallest absolute Gasteiger partial charge is 0.258 e. The first-order valence-electron chi connectivity index (χ1n) is 4.32. The lowest BCUT2D eigenvalue weighted by Crippen LogP contribution is -2.48. The zero-order valence-electron chi connectivity index (χ0n) is 8.43. The van der Waals surface area contributed by atoms with Crippen molar-refractivity contribution in [3.05, 3.63) is 0 Å². The van der Waals surface area contributed by atoms with Crippen LogP contribution in [0.4, 0.5) is 4.39 Å². The highest BCUT2D eigenvalue weighted by Gasteiger charge is 2.34. The molecule has 0 aromatic carbocycles. The highest BCUT2D eigenvalue weighted by molar-refractivity contribution is 5.91. The van der Waals surface area contributed by atoms with Gasteiger partial charge in [-0.2, -0.15) is 0 Å². The number of halogens is 1. The van der Waals surface area contributed by atoms with Crippen molar-refractivity contribution in [2.75, 3.05) is 13.6 Å². The van der Waals surface area contributed by atoms with Gasteiger partial charge in [-0.05, 0) is 13.8 Å². The van der Waals surface area contributed by atoms with E-state index >= 15 is 0 Å². The van der Waals surface area contributed by atoms with E-state index in [9.17, 15) is 14.0 Å². The van der Waals surface area contributed by atoms with Crippen molar-refractivity contribution in [3.63, 3.8) is 0 Å². The molecule has 1 rings (SSSR count). The van der Waals surface area contributed by atoms with Gasteiger partial charge in [0, 0.05) is 13.6 Å². The largest absolute Gasteiger partial charge is 0.340 e. The summed E-state index contributed by atoms with van der Waals surface area (Å²) in [4.78, 5) is 22.3. The third kappa shape index (κ3) is 2.41. The SMILES string of the molecule is CN1CC(NC(=O)C(C)(C)F)C(=O)N1. The summed E-state index contributed by atoms with van der Waals surface area (Å²) < 4.78 is 13.1. The second-order valence-corrected chi connectivity index (χ2v) is 3.86. The minimum Gasteiger partial charge on any atom is -0.340 e. The summed E-state index contributed by atoms with van der Waals surface area (Å²) in [5.74, 6) is -1.09. The number of rotatable bonds is 2. The number of hydrogen-bond donors (Lipinski definition) is 2. The lowest BCUT2D eigenvalue weighted by atomic mass is 10.1. The van der Waals surface area contributed by atoms with Gasteiger partial charge in [0.05, 0.1) is 0 Å². The van der Waals surface area contributed by atoms with Gasteiger partial charge in [0.25, 0.3) is 11.8 Å². The Kier molecular flexibility index (Phi) is 2.75. The summed E-state index contributed by atoms with van der Waals surface area (Å²) >= 11 is 0. The third-order valence-corrected chi connectivity index (χ3v) is 1.92. The van der Waals surface area contributed by atoms with E-state index in [0.717, 1.165) is 13.8 Å². The van der Waals surface area contributed by atoms with Crippen molar-refractivity contribution < 1.29 is 14.0 Å². The quantitative estimate of drug-likeness (QED) is 0.617. The molecule has 2 N–H and O–H groups in total. The van der Waals surface area contributed by atoms with Crippen LogP contribution in [0.1, 0.15) is 13.8 Å². The Morgan fingerprint density at radius 3 is 2.64 bits per heavy atom. The second kappa shape index (κ2) is 3.53. The molecule has 1 atom stereocenters. The van der Waals surface area contributed by atoms with E-state index < -0.39 is 17.6 Å². The number of alkyl halides is 1. The minimum absolute atomic E-state index is 0.315. The highest BCUT2D eigenvalue weighted by atomic mass is 19.1. The molecule has 1 fully saturated rings. The second-order valence-electron chi connectivity index (χ2n) is 3.86. The predicted octanol–water partition coefficient (Wildman–Crippen LogP) is -0.804. The van der Waals surface area contributed by atoms with E-state index in [-0.39, 0.29) is 5.91 Å². The molecule has 0 bridgehead atoms. The molecule has 0 saturated carbocycles. The van der Waals surface area contributed by atoms with Gasteiger partial charge >= 0.3 is 0 Å². The first-order valence-corrected chi connectivity index (χ1v) is 4.32. The van der Waals surface area contributed by atoms with Crippen LogP contribution in [0.15, 0.2) is 0 Å². The molecule has 5 nitrogen and oxygen atoms in total. The van der Waals surface area contributed by atoms with Gasteiger partial charge in [0.1, 0.15) is 6.04 Å². The molecule has 0 radical (unpaired) electrons. The Morgan fingerprint density at radius 1 is 1.71 bits per heavy atom. The molecule has 0 aromatic rings. The first kappa shape index (κ1) is 10.9. The number of carbonyl (C=O) groups is 2. The number of amides is 2. The van der Waals surface area contributed by atoms with E-state index in [4.69, 9.17) is 0 Å². The van der Waals surface area contributed by atoms with Crippen molar-refractivity contribution in [3.8, 4) is 0 Å². The van der Waals surface area contributed by atoms with Gasteiger partial charge in [0.2, 0.25) is 0 Å². The zero-order valence-corrected chi connectivity index (χ0v) is 8.43. The van der Waals surface area contributed by atoms with Gasteiger partial charge in [-0.1, -0.05) is 0 Å². The Morgan fingerprint density at radius 2 is 2.29 bits per heavy atom. The number of nitrogens with zero attached hydrogens (tertiary/aromatic N) is 1. The van der Waals surface area contributed by atoms with Crippen molar-refractivity contribution in [1.29, 1.82) is 0 Å². The molecule has 1 saturated heterocycles. The summed E-state index contributed by atoms with van der Waals surface area (Å²) in [7, 11) is 1.67. The molecule has 1 aliphatic heterocycles. The van der Waals surface area contributed by atoms with Gasteiger partial charge in [-0.25, -0.2) is 9.40 Å². The lowest BCUT2D eigenvalue weighted by molar-refractivity contribution is -0.134. The molecule has 0 spiro atoms. The Labute approximate surface area is 81.6 Å². The van der Waals surface area contributed by atoms with Crippen molar-refractivity contribution in [2.24, 2.45) is 0 Å². The van der Waals surface area contributed by atoms with Gasteiger partial charge in [-0.15, -0.1) is 0 Å². The van der Waals surface area contributed by atoms with E-state index in [1.807, 2.05) is 0 Å². The van der Waals surface area contributed by atoms with Crippen molar-refractivity contribution in [2.45, 2.75) is 25.6 Å². The van der Waals surface area contributed by atoms with E-state index in [0.29, 0.717) is 6.54 Å². The maximum Gasteiger partial charge on any atom is 0.258 e. The number of hydrazine groups is 1. The molecule has 14 heavy (non-hydrogen) atoms. The van der Waals surface area contributed by atoms with Gasteiger partial charge < -0.3 is 5.32 Å². The summed E-state index contributed by atoms with van der Waals surface area (Å²) in [6.07, 6.45) is 0. The molecule has 6 heteroatoms. The van der Waals surface area contributed by atoms with Gasteiger partial charge in [-0.3, -0.25) is 15.0 Å². The predicted molar refractivity (Wildman–Crippen MR) is 47.9 cm³/mol. The van der Waals surface area contributed by atoms with Gasteiger partial charge in [0.15, 0.2) is 5.67 Å². The summed E-state index contributed by atoms with van der Waals surface area (Å²) in [6, 6.07) is -0.664. The minimum atomic E-state index is -1.96. The Hall–Kier alpha value is -1.17. The summed E-state index contributed by atoms with van der Waals surface area (Å²) in [6.45, 7) is 2.65. The molecule has 0 aromatic heterocycles. The van der Waals surface area contributed by atoms with Crippen LogP contribution in [0, 0.1) is 0 Å². The number of nitrogens with one attached hydrogen (secondary N) is 2. The number of carbonyl (C=O) groups excluding carboxylic acids is 2. The fraction of sp³-hybridized carbons (Fsp3) is 0.750. The topological polar surface area (TPSA) is 61.4 Å². The molecule has 80 valence electrons. The molecule has 1 unspecified atom stereocenters. The van der Waals surface area contributed by atoms with Crippen LogP contribution < -0.4 is 10.7 Å². The van der Waals surface area contributed by atoms with E-state index in [1.54, 1.807) is 12.1 Å². The maximum atomic E-state index is 13.1. The molecular formula is C8H14FN3O2. The average molecular weight is 203 g/mol. The van der Waals surface area contributed by atoms with E-state index in [2.05, 4.69) is 10.7 Å². The Bertz CT molecular complexity index is 262. The Balaban J connectivity index is 2.54. The van der Waals surface area contributed by atoms with Crippen LogP contribution >= 0.6 is 0 Å². The van der Waals surface area contributed by atoms with Crippen LogP contribution in [-0.4, -0.2) is 42.1 Å². The summed E-state index contributed by atoms with van der Waals surface area (Å²) in [5.41, 5.74) is 0.524. The highest BCUT2D eigenvalue weighted by Crippen LogP contribution is 2.09. The van der Waals surface area contributed by atoms with Crippen LogP contribution in [0.3, 0.4) is 0 Å². The lowest BCUT2D eigenvalue weighted by Gasteiger charge is -2.16. The van der Waals surface area contributed by atoms with Crippen LogP contribution in [0.2, 0.25) is 0 Å². The molecular weight excluding hydrogens is 189 g/mol. The van der Waals surface area contributed by atoms with Crippen molar-refractivity contribution in [1.82, 2.24) is 15.8 Å². The standard InChI is InChI=1S/C8H14FN3O2/c1-8(2,9)7(14)10-5-4-12(3)11-6(5)13/h5H,4H2,1-3H3,(H,10,14)(H,11,13). The van der Waals surface area contributed by atoms with Crippen molar-refractivity contribution >= 4 is 11.8 Å². The number of hydrogen-bond acceptors (Lipinski definition) is 3. The molecule has 1 heterocycles. The fourth-order valence-electron chi connectivity index (χ4n) is 1.11. The zero-order chi connectivity index (χ0) is 10.9. The normalized spacial score (nSPS) is 23.4. The van der Waals surface area contributed by atoms with Crippen LogP contribution in [-0.2, 0) is 9.59 Å². The summed E-state index contributed by atoms with van der Waals surface area (Å²) in [5, 5.41) is 3.87.